The number of hydrogen-bond donors (Lipinski definition) is 1. The van der Waals surface area contributed by atoms with Gasteiger partial charge in [0.25, 0.3) is 0 Å². The molecule has 2 heterocycles. The molecule has 16 heavy (non-hydrogen) atoms. The van der Waals surface area contributed by atoms with E-state index in [-0.39, 0.29) is 0 Å². The zero-order valence-corrected chi connectivity index (χ0v) is 9.92. The molecule has 0 unspecified atom stereocenters. The molecule has 1 N–H and O–H groups in total. The summed E-state index contributed by atoms with van der Waals surface area (Å²) < 4.78 is 0. The summed E-state index contributed by atoms with van der Waals surface area (Å²) in [5, 5.41) is 3.82. The Morgan fingerprint density at radius 3 is 2.56 bits per heavy atom. The zero-order valence-electron chi connectivity index (χ0n) is 9.16. The Hall–Kier alpha value is -1.61. The normalized spacial score (nSPS) is 10.2. The molecule has 0 radical (unpaired) electrons. The SMILES string of the molecule is Cc1ccc(Nc2ccc(Cl)cn2)c(C)n1. The number of nitrogens with zero attached hydrogens (tertiary/aromatic N) is 2. The van der Waals surface area contributed by atoms with Crippen molar-refractivity contribution in [2.75, 3.05) is 5.32 Å². The maximum atomic E-state index is 5.76. The number of rotatable bonds is 2. The van der Waals surface area contributed by atoms with Gasteiger partial charge in [-0.25, -0.2) is 4.98 Å². The Kier molecular flexibility index (Phi) is 3.06. The summed E-state index contributed by atoms with van der Waals surface area (Å²) in [5.41, 5.74) is 2.92. The van der Waals surface area contributed by atoms with Crippen LogP contribution in [0.25, 0.3) is 0 Å². The lowest BCUT2D eigenvalue weighted by atomic mass is 10.2. The first-order valence-corrected chi connectivity index (χ1v) is 5.36. The number of nitrogens with one attached hydrogen (secondary N) is 1. The van der Waals surface area contributed by atoms with Crippen LogP contribution in [0.5, 0.6) is 0 Å². The molecule has 3 nitrogen and oxygen atoms in total. The van der Waals surface area contributed by atoms with Gasteiger partial charge in [-0.3, -0.25) is 4.98 Å². The van der Waals surface area contributed by atoms with Gasteiger partial charge >= 0.3 is 0 Å². The quantitative estimate of drug-likeness (QED) is 0.863. The fourth-order valence-corrected chi connectivity index (χ4v) is 1.52. The third kappa shape index (κ3) is 2.49. The number of halogens is 1. The highest BCUT2D eigenvalue weighted by molar-refractivity contribution is 6.30. The molecule has 2 aromatic heterocycles. The van der Waals surface area contributed by atoms with Crippen LogP contribution in [0.4, 0.5) is 11.5 Å². The lowest BCUT2D eigenvalue weighted by Crippen LogP contribution is -1.97. The van der Waals surface area contributed by atoms with Crippen molar-refractivity contribution in [3.63, 3.8) is 0 Å². The molecule has 2 aromatic rings. The van der Waals surface area contributed by atoms with Gasteiger partial charge in [-0.05, 0) is 38.1 Å². The Morgan fingerprint density at radius 2 is 1.94 bits per heavy atom. The molecule has 0 aliphatic heterocycles. The minimum absolute atomic E-state index is 0.629. The molecule has 0 atom stereocenters. The van der Waals surface area contributed by atoms with Crippen LogP contribution in [-0.4, -0.2) is 9.97 Å². The Bertz CT molecular complexity index is 494. The third-order valence-electron chi connectivity index (χ3n) is 2.22. The van der Waals surface area contributed by atoms with Crippen molar-refractivity contribution >= 4 is 23.1 Å². The van der Waals surface area contributed by atoms with Crippen molar-refractivity contribution in [2.24, 2.45) is 0 Å². The summed E-state index contributed by atoms with van der Waals surface area (Å²) in [6, 6.07) is 7.59. The molecule has 0 saturated heterocycles. The summed E-state index contributed by atoms with van der Waals surface area (Å²) in [7, 11) is 0. The predicted molar refractivity (Wildman–Crippen MR) is 66.2 cm³/mol. The monoisotopic (exact) mass is 233 g/mol. The molecule has 2 rings (SSSR count). The van der Waals surface area contributed by atoms with E-state index in [2.05, 4.69) is 15.3 Å². The first-order valence-electron chi connectivity index (χ1n) is 4.98. The Morgan fingerprint density at radius 1 is 1.12 bits per heavy atom. The number of anilines is 2. The molecule has 0 aliphatic carbocycles. The van der Waals surface area contributed by atoms with Crippen molar-refractivity contribution in [3.8, 4) is 0 Å². The van der Waals surface area contributed by atoms with Gasteiger partial charge in [-0.1, -0.05) is 11.6 Å². The second kappa shape index (κ2) is 4.49. The number of aryl methyl sites for hydroxylation is 2. The van der Waals surface area contributed by atoms with Crippen LogP contribution in [0.3, 0.4) is 0 Å². The fourth-order valence-electron chi connectivity index (χ4n) is 1.41. The maximum absolute atomic E-state index is 5.76. The molecule has 0 bridgehead atoms. The number of hydrogen-bond acceptors (Lipinski definition) is 3. The van der Waals surface area contributed by atoms with Gasteiger partial charge in [0, 0.05) is 11.9 Å². The molecule has 0 amide bonds. The van der Waals surface area contributed by atoms with E-state index in [1.54, 1.807) is 12.3 Å². The van der Waals surface area contributed by atoms with Crippen molar-refractivity contribution in [3.05, 3.63) is 46.9 Å². The number of aromatic nitrogens is 2. The summed E-state index contributed by atoms with van der Waals surface area (Å²) in [6.07, 6.45) is 1.61. The van der Waals surface area contributed by atoms with Crippen molar-refractivity contribution in [1.82, 2.24) is 9.97 Å². The lowest BCUT2D eigenvalue weighted by molar-refractivity contribution is 1.12. The molecular formula is C12H12ClN3. The van der Waals surface area contributed by atoms with Gasteiger partial charge in [0.2, 0.25) is 0 Å². The van der Waals surface area contributed by atoms with Crippen molar-refractivity contribution in [2.45, 2.75) is 13.8 Å². The minimum Gasteiger partial charge on any atom is -0.339 e. The van der Waals surface area contributed by atoms with Gasteiger partial charge in [-0.15, -0.1) is 0 Å². The first kappa shape index (κ1) is 10.9. The standard InChI is InChI=1S/C12H12ClN3/c1-8-3-5-11(9(2)15-8)16-12-6-4-10(13)7-14-12/h3-7H,1-2H3,(H,14,16). The lowest BCUT2D eigenvalue weighted by Gasteiger charge is -2.08. The van der Waals surface area contributed by atoms with Gasteiger partial charge in [-0.2, -0.15) is 0 Å². The molecule has 0 aliphatic rings. The minimum atomic E-state index is 0.629. The average molecular weight is 234 g/mol. The van der Waals surface area contributed by atoms with E-state index in [9.17, 15) is 0 Å². The third-order valence-corrected chi connectivity index (χ3v) is 2.44. The van der Waals surface area contributed by atoms with Crippen LogP contribution < -0.4 is 5.32 Å². The average Bonchev–Trinajstić information content (AvgIpc) is 2.25. The van der Waals surface area contributed by atoms with Crippen molar-refractivity contribution < 1.29 is 0 Å². The van der Waals surface area contributed by atoms with Crippen LogP contribution in [0.2, 0.25) is 5.02 Å². The van der Waals surface area contributed by atoms with Crippen LogP contribution in [0, 0.1) is 13.8 Å². The van der Waals surface area contributed by atoms with E-state index in [1.807, 2.05) is 32.0 Å². The highest BCUT2D eigenvalue weighted by Gasteiger charge is 2.01. The number of pyridine rings is 2. The second-order valence-electron chi connectivity index (χ2n) is 3.57. The molecule has 0 fully saturated rings. The van der Waals surface area contributed by atoms with E-state index >= 15 is 0 Å². The smallest absolute Gasteiger partial charge is 0.130 e. The topological polar surface area (TPSA) is 37.8 Å². The molecular weight excluding hydrogens is 222 g/mol. The summed E-state index contributed by atoms with van der Waals surface area (Å²) in [6.45, 7) is 3.93. The van der Waals surface area contributed by atoms with Crippen LogP contribution in [-0.2, 0) is 0 Å². The molecule has 4 heteroatoms. The highest BCUT2D eigenvalue weighted by atomic mass is 35.5. The van der Waals surface area contributed by atoms with Gasteiger partial charge in [0.15, 0.2) is 0 Å². The zero-order chi connectivity index (χ0) is 11.5. The van der Waals surface area contributed by atoms with Crippen molar-refractivity contribution in [1.29, 1.82) is 0 Å². The van der Waals surface area contributed by atoms with E-state index < -0.39 is 0 Å². The molecule has 0 aromatic carbocycles. The molecule has 0 saturated carbocycles. The molecule has 0 spiro atoms. The summed E-state index contributed by atoms with van der Waals surface area (Å²) in [4.78, 5) is 8.54. The molecule has 82 valence electrons. The maximum Gasteiger partial charge on any atom is 0.130 e. The predicted octanol–water partition coefficient (Wildman–Crippen LogP) is 3.49. The fraction of sp³-hybridized carbons (Fsp3) is 0.167. The first-order chi connectivity index (χ1) is 7.65. The Labute approximate surface area is 99.5 Å². The second-order valence-corrected chi connectivity index (χ2v) is 4.01. The van der Waals surface area contributed by atoms with Gasteiger partial charge in [0.1, 0.15) is 5.82 Å². The van der Waals surface area contributed by atoms with Crippen LogP contribution in [0.15, 0.2) is 30.5 Å². The Balaban J connectivity index is 2.23. The summed E-state index contributed by atoms with van der Waals surface area (Å²) in [5.74, 6) is 0.762. The van der Waals surface area contributed by atoms with Crippen LogP contribution in [0.1, 0.15) is 11.4 Å². The highest BCUT2D eigenvalue weighted by Crippen LogP contribution is 2.18. The van der Waals surface area contributed by atoms with E-state index in [0.717, 1.165) is 22.9 Å². The van der Waals surface area contributed by atoms with E-state index in [0.29, 0.717) is 5.02 Å². The van der Waals surface area contributed by atoms with E-state index in [1.165, 1.54) is 0 Å². The van der Waals surface area contributed by atoms with Crippen LogP contribution >= 0.6 is 11.6 Å². The van der Waals surface area contributed by atoms with Gasteiger partial charge in [0.05, 0.1) is 16.4 Å². The van der Waals surface area contributed by atoms with E-state index in [4.69, 9.17) is 11.6 Å². The van der Waals surface area contributed by atoms with Gasteiger partial charge < -0.3 is 5.32 Å². The largest absolute Gasteiger partial charge is 0.339 e. The summed E-state index contributed by atoms with van der Waals surface area (Å²) >= 11 is 5.76.